The summed E-state index contributed by atoms with van der Waals surface area (Å²) in [5.41, 5.74) is 7.74. The molecule has 84 valence electrons. The second-order valence-electron chi connectivity index (χ2n) is 3.76. The molecular formula is C12H13FN2S. The smallest absolute Gasteiger partial charge is 0.146 e. The van der Waals surface area contributed by atoms with Crippen LogP contribution in [-0.2, 0) is 0 Å². The lowest BCUT2D eigenvalue weighted by molar-refractivity contribution is 0.594. The summed E-state index contributed by atoms with van der Waals surface area (Å²) in [6, 6.07) is 3.25. The normalized spacial score (nSPS) is 12.8. The lowest BCUT2D eigenvalue weighted by atomic mass is 10.1. The largest absolute Gasteiger partial charge is 0.320 e. The summed E-state index contributed by atoms with van der Waals surface area (Å²) >= 11 is 1.61. The third kappa shape index (κ3) is 1.99. The van der Waals surface area contributed by atoms with Gasteiger partial charge in [-0.25, -0.2) is 4.39 Å². The molecule has 2 nitrogen and oxygen atoms in total. The van der Waals surface area contributed by atoms with Gasteiger partial charge in [0.2, 0.25) is 0 Å². The van der Waals surface area contributed by atoms with E-state index in [9.17, 15) is 4.39 Å². The predicted octanol–water partition coefficient (Wildman–Crippen LogP) is 2.95. The third-order valence-electron chi connectivity index (χ3n) is 2.63. The van der Waals surface area contributed by atoms with Crippen LogP contribution in [0.4, 0.5) is 4.39 Å². The first-order valence-corrected chi connectivity index (χ1v) is 5.83. The zero-order valence-electron chi connectivity index (χ0n) is 9.20. The third-order valence-corrected chi connectivity index (χ3v) is 3.87. The van der Waals surface area contributed by atoms with Crippen LogP contribution < -0.4 is 5.73 Å². The van der Waals surface area contributed by atoms with Crippen LogP contribution in [0.15, 0.2) is 24.5 Å². The van der Waals surface area contributed by atoms with Crippen LogP contribution in [0, 0.1) is 19.7 Å². The van der Waals surface area contributed by atoms with Crippen molar-refractivity contribution in [2.45, 2.75) is 19.9 Å². The molecule has 0 saturated carbocycles. The number of nitrogens with zero attached hydrogens (tertiary/aromatic N) is 1. The molecule has 0 bridgehead atoms. The van der Waals surface area contributed by atoms with Gasteiger partial charge in [0.1, 0.15) is 5.82 Å². The Bertz CT molecular complexity index is 488. The van der Waals surface area contributed by atoms with E-state index < -0.39 is 6.04 Å². The molecule has 0 radical (unpaired) electrons. The van der Waals surface area contributed by atoms with Gasteiger partial charge in [0, 0.05) is 21.5 Å². The minimum absolute atomic E-state index is 0.348. The highest BCUT2D eigenvalue weighted by molar-refractivity contribution is 7.12. The number of rotatable bonds is 2. The monoisotopic (exact) mass is 236 g/mol. The first-order chi connectivity index (χ1) is 7.59. The zero-order chi connectivity index (χ0) is 11.7. The van der Waals surface area contributed by atoms with Crippen molar-refractivity contribution in [1.29, 1.82) is 0 Å². The molecule has 0 saturated heterocycles. The number of aromatic nitrogens is 1. The Morgan fingerprint density at radius 1 is 1.44 bits per heavy atom. The predicted molar refractivity (Wildman–Crippen MR) is 64.0 cm³/mol. The molecule has 2 N–H and O–H groups in total. The maximum absolute atomic E-state index is 13.5. The van der Waals surface area contributed by atoms with Crippen molar-refractivity contribution >= 4 is 11.3 Å². The van der Waals surface area contributed by atoms with Gasteiger partial charge < -0.3 is 5.73 Å². The SMILES string of the molecule is Cc1cc(C(N)c2ccncc2F)sc1C. The van der Waals surface area contributed by atoms with E-state index in [2.05, 4.69) is 4.98 Å². The fourth-order valence-electron chi connectivity index (χ4n) is 1.55. The molecule has 0 fully saturated rings. The van der Waals surface area contributed by atoms with Gasteiger partial charge in [0.25, 0.3) is 0 Å². The minimum atomic E-state index is -0.402. The Hall–Kier alpha value is -1.26. The van der Waals surface area contributed by atoms with E-state index in [0.29, 0.717) is 5.56 Å². The second kappa shape index (κ2) is 4.31. The summed E-state index contributed by atoms with van der Waals surface area (Å²) < 4.78 is 13.5. The molecule has 2 aromatic heterocycles. The van der Waals surface area contributed by atoms with E-state index in [0.717, 1.165) is 4.88 Å². The number of nitrogens with two attached hydrogens (primary N) is 1. The van der Waals surface area contributed by atoms with Gasteiger partial charge in [0.15, 0.2) is 0 Å². The highest BCUT2D eigenvalue weighted by Gasteiger charge is 2.15. The van der Waals surface area contributed by atoms with Crippen molar-refractivity contribution in [3.8, 4) is 0 Å². The Balaban J connectivity index is 2.39. The highest BCUT2D eigenvalue weighted by atomic mass is 32.1. The fraction of sp³-hybridized carbons (Fsp3) is 0.250. The molecule has 2 rings (SSSR count). The van der Waals surface area contributed by atoms with Gasteiger partial charge in [0.05, 0.1) is 12.2 Å². The summed E-state index contributed by atoms with van der Waals surface area (Å²) in [4.78, 5) is 5.92. The van der Waals surface area contributed by atoms with Crippen LogP contribution in [0.3, 0.4) is 0 Å². The van der Waals surface area contributed by atoms with Crippen molar-refractivity contribution in [3.05, 3.63) is 51.2 Å². The van der Waals surface area contributed by atoms with E-state index in [1.54, 1.807) is 23.6 Å². The van der Waals surface area contributed by atoms with Crippen LogP contribution >= 0.6 is 11.3 Å². The number of aryl methyl sites for hydroxylation is 2. The van der Waals surface area contributed by atoms with Crippen LogP contribution in [0.5, 0.6) is 0 Å². The molecule has 2 heterocycles. The van der Waals surface area contributed by atoms with E-state index in [-0.39, 0.29) is 5.82 Å². The molecule has 4 heteroatoms. The maximum atomic E-state index is 13.5. The average molecular weight is 236 g/mol. The van der Waals surface area contributed by atoms with Crippen LogP contribution in [0.1, 0.15) is 26.9 Å². The molecule has 0 aliphatic carbocycles. The molecule has 2 aromatic rings. The van der Waals surface area contributed by atoms with Crippen LogP contribution in [-0.4, -0.2) is 4.98 Å². The fourth-order valence-corrected chi connectivity index (χ4v) is 2.61. The van der Waals surface area contributed by atoms with Crippen LogP contribution in [0.25, 0.3) is 0 Å². The Labute approximate surface area is 97.9 Å². The first-order valence-electron chi connectivity index (χ1n) is 5.01. The molecule has 0 aromatic carbocycles. The lowest BCUT2D eigenvalue weighted by Gasteiger charge is -2.10. The Morgan fingerprint density at radius 3 is 2.75 bits per heavy atom. The van der Waals surface area contributed by atoms with Gasteiger partial charge in [-0.3, -0.25) is 4.98 Å². The van der Waals surface area contributed by atoms with Crippen molar-refractivity contribution in [2.75, 3.05) is 0 Å². The zero-order valence-corrected chi connectivity index (χ0v) is 10.0. The summed E-state index contributed by atoms with van der Waals surface area (Å²) in [6.07, 6.45) is 2.76. The lowest BCUT2D eigenvalue weighted by Crippen LogP contribution is -2.12. The van der Waals surface area contributed by atoms with E-state index in [1.807, 2.05) is 19.9 Å². The average Bonchev–Trinajstić information content (AvgIpc) is 2.59. The molecular weight excluding hydrogens is 223 g/mol. The van der Waals surface area contributed by atoms with E-state index >= 15 is 0 Å². The van der Waals surface area contributed by atoms with Gasteiger partial charge in [-0.05, 0) is 31.5 Å². The molecule has 1 unspecified atom stereocenters. The molecule has 0 amide bonds. The minimum Gasteiger partial charge on any atom is -0.320 e. The van der Waals surface area contributed by atoms with Crippen LogP contribution in [0.2, 0.25) is 0 Å². The number of pyridine rings is 1. The second-order valence-corrected chi connectivity index (χ2v) is 5.05. The summed E-state index contributed by atoms with van der Waals surface area (Å²) in [7, 11) is 0. The molecule has 16 heavy (non-hydrogen) atoms. The maximum Gasteiger partial charge on any atom is 0.146 e. The summed E-state index contributed by atoms with van der Waals surface area (Å²) in [5, 5.41) is 0. The van der Waals surface area contributed by atoms with Crippen molar-refractivity contribution in [3.63, 3.8) is 0 Å². The van der Waals surface area contributed by atoms with Gasteiger partial charge in [-0.2, -0.15) is 0 Å². The van der Waals surface area contributed by atoms with Crippen molar-refractivity contribution in [1.82, 2.24) is 4.98 Å². The van der Waals surface area contributed by atoms with E-state index in [4.69, 9.17) is 5.73 Å². The quantitative estimate of drug-likeness (QED) is 0.870. The van der Waals surface area contributed by atoms with Gasteiger partial charge >= 0.3 is 0 Å². The number of thiophene rings is 1. The molecule has 0 spiro atoms. The van der Waals surface area contributed by atoms with E-state index in [1.165, 1.54) is 16.6 Å². The van der Waals surface area contributed by atoms with Gasteiger partial charge in [-0.15, -0.1) is 11.3 Å². The standard InChI is InChI=1S/C12H13FN2S/c1-7-5-11(16-8(7)2)12(14)9-3-4-15-6-10(9)13/h3-6,12H,14H2,1-2H3. The number of hydrogen-bond acceptors (Lipinski definition) is 3. The summed E-state index contributed by atoms with van der Waals surface area (Å²) in [6.45, 7) is 4.07. The topological polar surface area (TPSA) is 38.9 Å². The molecule has 0 aliphatic rings. The first kappa shape index (κ1) is 11.2. The van der Waals surface area contributed by atoms with Gasteiger partial charge in [-0.1, -0.05) is 0 Å². The van der Waals surface area contributed by atoms with Crippen molar-refractivity contribution < 1.29 is 4.39 Å². The molecule has 0 aliphatic heterocycles. The number of halogens is 1. The number of hydrogen-bond donors (Lipinski definition) is 1. The van der Waals surface area contributed by atoms with Crippen molar-refractivity contribution in [2.24, 2.45) is 5.73 Å². The molecule has 1 atom stereocenters. The Kier molecular flexibility index (Phi) is 3.03. The summed E-state index contributed by atoms with van der Waals surface area (Å²) in [5.74, 6) is -0.348. The highest BCUT2D eigenvalue weighted by Crippen LogP contribution is 2.29. The Morgan fingerprint density at radius 2 is 2.19 bits per heavy atom.